The summed E-state index contributed by atoms with van der Waals surface area (Å²) in [6, 6.07) is 16.4. The second-order valence-electron chi connectivity index (χ2n) is 4.28. The molecule has 0 amide bonds. The van der Waals surface area contributed by atoms with E-state index < -0.39 is 0 Å². The second-order valence-corrected chi connectivity index (χ2v) is 4.28. The minimum atomic E-state index is -0.238. The van der Waals surface area contributed by atoms with Crippen molar-refractivity contribution in [2.75, 3.05) is 0 Å². The fraction of sp³-hybridized carbons (Fsp3) is 0.200. The summed E-state index contributed by atoms with van der Waals surface area (Å²) in [6.45, 7) is 2.06. The molecule has 0 spiro atoms. The van der Waals surface area contributed by atoms with Gasteiger partial charge < -0.3 is 5.73 Å². The molecule has 17 heavy (non-hydrogen) atoms. The third-order valence-corrected chi connectivity index (χ3v) is 3.10. The lowest BCUT2D eigenvalue weighted by Crippen LogP contribution is -2.17. The van der Waals surface area contributed by atoms with Crippen molar-refractivity contribution in [3.63, 3.8) is 0 Å². The van der Waals surface area contributed by atoms with Crippen LogP contribution < -0.4 is 5.73 Å². The van der Waals surface area contributed by atoms with Crippen LogP contribution in [-0.2, 0) is 0 Å². The van der Waals surface area contributed by atoms with Gasteiger partial charge in [0, 0.05) is 12.0 Å². The van der Waals surface area contributed by atoms with Crippen molar-refractivity contribution in [2.24, 2.45) is 5.73 Å². The van der Waals surface area contributed by atoms with Crippen molar-refractivity contribution in [2.45, 2.75) is 18.9 Å². The highest BCUT2D eigenvalue weighted by atomic mass is 19.1. The van der Waals surface area contributed by atoms with Crippen molar-refractivity contribution >= 4 is 0 Å². The van der Waals surface area contributed by atoms with E-state index in [-0.39, 0.29) is 17.8 Å². The number of halogens is 1. The Labute approximate surface area is 101 Å². The zero-order valence-corrected chi connectivity index (χ0v) is 9.81. The van der Waals surface area contributed by atoms with E-state index in [1.807, 2.05) is 36.4 Å². The molecule has 0 aromatic heterocycles. The summed E-state index contributed by atoms with van der Waals surface area (Å²) in [5, 5.41) is 0. The zero-order chi connectivity index (χ0) is 12.3. The van der Waals surface area contributed by atoms with Crippen LogP contribution in [0.15, 0.2) is 54.6 Å². The molecule has 88 valence electrons. The topological polar surface area (TPSA) is 26.0 Å². The third kappa shape index (κ3) is 2.71. The zero-order valence-electron chi connectivity index (χ0n) is 9.81. The van der Waals surface area contributed by atoms with Crippen molar-refractivity contribution in [1.82, 2.24) is 0 Å². The normalized spacial score (nSPS) is 14.3. The van der Waals surface area contributed by atoms with Gasteiger partial charge in [0.05, 0.1) is 0 Å². The summed E-state index contributed by atoms with van der Waals surface area (Å²) in [5.41, 5.74) is 8.18. The number of hydrogen-bond donors (Lipinski definition) is 1. The van der Waals surface area contributed by atoms with E-state index in [9.17, 15) is 4.39 Å². The number of nitrogens with two attached hydrogens (primary N) is 1. The van der Waals surface area contributed by atoms with Gasteiger partial charge in [0.1, 0.15) is 5.82 Å². The van der Waals surface area contributed by atoms with Gasteiger partial charge in [0.2, 0.25) is 0 Å². The van der Waals surface area contributed by atoms with Gasteiger partial charge in [-0.1, -0.05) is 49.4 Å². The van der Waals surface area contributed by atoms with Crippen molar-refractivity contribution in [3.8, 4) is 0 Å². The Morgan fingerprint density at radius 1 is 0.941 bits per heavy atom. The van der Waals surface area contributed by atoms with Crippen LogP contribution in [0.4, 0.5) is 4.39 Å². The van der Waals surface area contributed by atoms with E-state index in [0.717, 1.165) is 5.56 Å². The van der Waals surface area contributed by atoms with Crippen LogP contribution in [0.2, 0.25) is 0 Å². The summed E-state index contributed by atoms with van der Waals surface area (Å²) in [6.07, 6.45) is 0. The van der Waals surface area contributed by atoms with E-state index in [1.165, 1.54) is 17.7 Å². The highest BCUT2D eigenvalue weighted by Gasteiger charge is 2.16. The summed E-state index contributed by atoms with van der Waals surface area (Å²) < 4.78 is 13.1. The quantitative estimate of drug-likeness (QED) is 0.854. The summed E-state index contributed by atoms with van der Waals surface area (Å²) >= 11 is 0. The van der Waals surface area contributed by atoms with Gasteiger partial charge >= 0.3 is 0 Å². The molecule has 1 nitrogen and oxygen atoms in total. The molecular formula is C15H16FN. The van der Waals surface area contributed by atoms with E-state index >= 15 is 0 Å². The maximum atomic E-state index is 13.1. The maximum absolute atomic E-state index is 13.1. The first kappa shape index (κ1) is 11.8. The molecule has 0 aliphatic rings. The Balaban J connectivity index is 2.23. The summed E-state index contributed by atoms with van der Waals surface area (Å²) in [5.74, 6) is -0.0730. The van der Waals surface area contributed by atoms with Gasteiger partial charge in [-0.15, -0.1) is 0 Å². The standard InChI is InChI=1S/C15H16FN/c1-11(12-6-3-2-4-7-12)15(17)13-8-5-9-14(16)10-13/h2-11,15H,17H2,1H3. The lowest BCUT2D eigenvalue weighted by molar-refractivity contribution is 0.582. The molecule has 2 atom stereocenters. The minimum Gasteiger partial charge on any atom is -0.323 e. The van der Waals surface area contributed by atoms with Gasteiger partial charge in [0.15, 0.2) is 0 Å². The average Bonchev–Trinajstić information content (AvgIpc) is 2.38. The van der Waals surface area contributed by atoms with Crippen molar-refractivity contribution in [1.29, 1.82) is 0 Å². The SMILES string of the molecule is CC(c1ccccc1)C(N)c1cccc(F)c1. The van der Waals surface area contributed by atoms with Crippen LogP contribution in [0.25, 0.3) is 0 Å². The van der Waals surface area contributed by atoms with Gasteiger partial charge in [0.25, 0.3) is 0 Å². The molecule has 2 heteroatoms. The molecule has 2 aromatic rings. The fourth-order valence-corrected chi connectivity index (χ4v) is 1.97. The Bertz CT molecular complexity index is 481. The van der Waals surface area contributed by atoms with Gasteiger partial charge in [-0.3, -0.25) is 0 Å². The highest BCUT2D eigenvalue weighted by Crippen LogP contribution is 2.28. The van der Waals surface area contributed by atoms with Crippen molar-refractivity contribution < 1.29 is 4.39 Å². The van der Waals surface area contributed by atoms with Gasteiger partial charge in [-0.05, 0) is 23.3 Å². The predicted octanol–water partition coefficient (Wildman–Crippen LogP) is 3.63. The first-order chi connectivity index (χ1) is 8.18. The lowest BCUT2D eigenvalue weighted by atomic mass is 9.89. The first-order valence-corrected chi connectivity index (χ1v) is 5.74. The maximum Gasteiger partial charge on any atom is 0.123 e. The largest absolute Gasteiger partial charge is 0.323 e. The van der Waals surface area contributed by atoms with E-state index in [4.69, 9.17) is 5.73 Å². The lowest BCUT2D eigenvalue weighted by Gasteiger charge is -2.20. The molecule has 0 saturated heterocycles. The Morgan fingerprint density at radius 3 is 2.24 bits per heavy atom. The summed E-state index contributed by atoms with van der Waals surface area (Å²) in [4.78, 5) is 0. The Kier molecular flexibility index (Phi) is 3.55. The second kappa shape index (κ2) is 5.11. The van der Waals surface area contributed by atoms with Crippen LogP contribution in [0.5, 0.6) is 0 Å². The van der Waals surface area contributed by atoms with Crippen LogP contribution in [0.3, 0.4) is 0 Å². The van der Waals surface area contributed by atoms with Gasteiger partial charge in [-0.25, -0.2) is 4.39 Å². The smallest absolute Gasteiger partial charge is 0.123 e. The molecule has 0 fully saturated rings. The Hall–Kier alpha value is -1.67. The van der Waals surface area contributed by atoms with Crippen LogP contribution in [-0.4, -0.2) is 0 Å². The molecule has 0 bridgehead atoms. The molecule has 0 aliphatic heterocycles. The van der Waals surface area contributed by atoms with Crippen LogP contribution >= 0.6 is 0 Å². The molecule has 0 aliphatic carbocycles. The molecule has 2 rings (SSSR count). The Morgan fingerprint density at radius 2 is 1.59 bits per heavy atom. The van der Waals surface area contributed by atoms with E-state index in [0.29, 0.717) is 0 Å². The van der Waals surface area contributed by atoms with Crippen LogP contribution in [0.1, 0.15) is 30.0 Å². The average molecular weight is 229 g/mol. The van der Waals surface area contributed by atoms with Gasteiger partial charge in [-0.2, -0.15) is 0 Å². The third-order valence-electron chi connectivity index (χ3n) is 3.10. The minimum absolute atomic E-state index is 0.165. The monoisotopic (exact) mass is 229 g/mol. The van der Waals surface area contributed by atoms with E-state index in [1.54, 1.807) is 6.07 Å². The number of rotatable bonds is 3. The van der Waals surface area contributed by atoms with E-state index in [2.05, 4.69) is 6.92 Å². The first-order valence-electron chi connectivity index (χ1n) is 5.74. The fourth-order valence-electron chi connectivity index (χ4n) is 1.97. The molecule has 0 radical (unpaired) electrons. The molecular weight excluding hydrogens is 213 g/mol. The highest BCUT2D eigenvalue weighted by molar-refractivity contribution is 5.27. The molecule has 0 saturated carbocycles. The molecule has 2 unspecified atom stereocenters. The van der Waals surface area contributed by atoms with Crippen LogP contribution in [0, 0.1) is 5.82 Å². The number of benzene rings is 2. The molecule has 0 heterocycles. The molecule has 2 aromatic carbocycles. The summed E-state index contributed by atoms with van der Waals surface area (Å²) in [7, 11) is 0. The van der Waals surface area contributed by atoms with Crippen molar-refractivity contribution in [3.05, 3.63) is 71.5 Å². The predicted molar refractivity (Wildman–Crippen MR) is 68.2 cm³/mol. The molecule has 2 N–H and O–H groups in total. The number of hydrogen-bond acceptors (Lipinski definition) is 1.